The minimum absolute atomic E-state index is 0.0814. The van der Waals surface area contributed by atoms with E-state index in [0.29, 0.717) is 23.7 Å². The second-order valence-corrected chi connectivity index (χ2v) is 8.00. The van der Waals surface area contributed by atoms with Gasteiger partial charge in [0.15, 0.2) is 15.6 Å². The van der Waals surface area contributed by atoms with Crippen LogP contribution in [0.4, 0.5) is 5.69 Å². The minimum atomic E-state index is -3.35. The third kappa shape index (κ3) is 3.15. The lowest BCUT2D eigenvalue weighted by molar-refractivity contribution is 0.101. The number of fused-ring (bicyclic) bond motifs is 1. The summed E-state index contributed by atoms with van der Waals surface area (Å²) in [5.74, 6) is 0.293. The number of Topliss-reactive ketones (excluding diaryl/α,β-unsaturated/α-hetero) is 1. The van der Waals surface area contributed by atoms with Gasteiger partial charge in [0.25, 0.3) is 0 Å². The molecule has 1 aliphatic carbocycles. The Balaban J connectivity index is 1.84. The highest BCUT2D eigenvalue weighted by Crippen LogP contribution is 2.35. The van der Waals surface area contributed by atoms with Gasteiger partial charge in [-0.1, -0.05) is 24.3 Å². The van der Waals surface area contributed by atoms with Crippen molar-refractivity contribution in [2.75, 3.05) is 18.1 Å². The number of carbonyl (C=O) groups is 1. The van der Waals surface area contributed by atoms with Crippen molar-refractivity contribution in [3.8, 4) is 0 Å². The van der Waals surface area contributed by atoms with Crippen LogP contribution in [-0.4, -0.2) is 27.0 Å². The van der Waals surface area contributed by atoms with E-state index < -0.39 is 9.84 Å². The molecule has 2 aromatic rings. The summed E-state index contributed by atoms with van der Waals surface area (Å²) in [5.41, 5.74) is 3.67. The lowest BCUT2D eigenvalue weighted by Gasteiger charge is -2.30. The largest absolute Gasteiger partial charge is 0.383 e. The molecule has 120 valence electrons. The van der Waals surface area contributed by atoms with Crippen molar-refractivity contribution in [2.24, 2.45) is 0 Å². The molecule has 5 heteroatoms. The summed E-state index contributed by atoms with van der Waals surface area (Å²) < 4.78 is 23.9. The SMILES string of the molecule is CC(=O)c1ccc(S(C)(=O)=O)c(NC[C@@H]2Cc3ccccc32)c1. The lowest BCUT2D eigenvalue weighted by Crippen LogP contribution is -2.24. The third-order valence-electron chi connectivity index (χ3n) is 4.29. The Labute approximate surface area is 136 Å². The van der Waals surface area contributed by atoms with Gasteiger partial charge in [-0.2, -0.15) is 0 Å². The van der Waals surface area contributed by atoms with E-state index in [0.717, 1.165) is 6.42 Å². The van der Waals surface area contributed by atoms with Crippen LogP contribution in [0.25, 0.3) is 0 Å². The van der Waals surface area contributed by atoms with Crippen molar-refractivity contribution in [2.45, 2.75) is 24.2 Å². The van der Waals surface area contributed by atoms with Crippen LogP contribution < -0.4 is 5.32 Å². The van der Waals surface area contributed by atoms with Crippen molar-refractivity contribution in [3.05, 3.63) is 59.2 Å². The monoisotopic (exact) mass is 329 g/mol. The number of nitrogens with one attached hydrogen (secondary N) is 1. The van der Waals surface area contributed by atoms with Gasteiger partial charge in [-0.05, 0) is 42.7 Å². The highest BCUT2D eigenvalue weighted by Gasteiger charge is 2.25. The Morgan fingerprint density at radius 3 is 2.61 bits per heavy atom. The zero-order valence-corrected chi connectivity index (χ0v) is 14.0. The molecule has 0 saturated carbocycles. The number of benzene rings is 2. The van der Waals surface area contributed by atoms with E-state index >= 15 is 0 Å². The average molecular weight is 329 g/mol. The van der Waals surface area contributed by atoms with Gasteiger partial charge in [0.1, 0.15) is 0 Å². The summed E-state index contributed by atoms with van der Waals surface area (Å²) in [6.45, 7) is 2.13. The standard InChI is InChI=1S/C18H19NO3S/c1-12(20)13-7-8-18(23(2,21)22)17(10-13)19-11-15-9-14-5-3-4-6-16(14)15/h3-8,10,15,19H,9,11H2,1-2H3/t15-/m0/s1. The summed E-state index contributed by atoms with van der Waals surface area (Å²) in [6.07, 6.45) is 2.17. The maximum absolute atomic E-state index is 11.9. The van der Waals surface area contributed by atoms with Gasteiger partial charge in [-0.15, -0.1) is 0 Å². The van der Waals surface area contributed by atoms with E-state index in [2.05, 4.69) is 17.4 Å². The molecule has 3 rings (SSSR count). The van der Waals surface area contributed by atoms with Crippen molar-refractivity contribution in [1.82, 2.24) is 0 Å². The first-order chi connectivity index (χ1) is 10.9. The first-order valence-corrected chi connectivity index (χ1v) is 9.42. The van der Waals surface area contributed by atoms with Gasteiger partial charge in [-0.3, -0.25) is 4.79 Å². The van der Waals surface area contributed by atoms with Crippen LogP contribution in [0.1, 0.15) is 34.3 Å². The van der Waals surface area contributed by atoms with E-state index in [1.807, 2.05) is 12.1 Å². The maximum Gasteiger partial charge on any atom is 0.177 e. The molecule has 1 aliphatic rings. The van der Waals surface area contributed by atoms with Crippen LogP contribution in [0.5, 0.6) is 0 Å². The number of hydrogen-bond acceptors (Lipinski definition) is 4. The molecule has 23 heavy (non-hydrogen) atoms. The topological polar surface area (TPSA) is 63.2 Å². The van der Waals surface area contributed by atoms with Crippen molar-refractivity contribution in [1.29, 1.82) is 0 Å². The van der Waals surface area contributed by atoms with E-state index in [4.69, 9.17) is 0 Å². The van der Waals surface area contributed by atoms with Crippen LogP contribution in [-0.2, 0) is 16.3 Å². The number of sulfone groups is 1. The molecule has 0 radical (unpaired) electrons. The molecule has 4 nitrogen and oxygen atoms in total. The molecule has 0 saturated heterocycles. The molecular weight excluding hydrogens is 310 g/mol. The molecule has 1 N–H and O–H groups in total. The quantitative estimate of drug-likeness (QED) is 0.857. The average Bonchev–Trinajstić information content (AvgIpc) is 2.47. The number of carbonyl (C=O) groups excluding carboxylic acids is 1. The smallest absolute Gasteiger partial charge is 0.177 e. The van der Waals surface area contributed by atoms with E-state index in [1.165, 1.54) is 30.4 Å². The maximum atomic E-state index is 11.9. The van der Waals surface area contributed by atoms with Crippen LogP contribution in [0.15, 0.2) is 47.4 Å². The van der Waals surface area contributed by atoms with E-state index in [-0.39, 0.29) is 10.7 Å². The predicted molar refractivity (Wildman–Crippen MR) is 90.9 cm³/mol. The fourth-order valence-electron chi connectivity index (χ4n) is 2.99. The first-order valence-electron chi connectivity index (χ1n) is 7.53. The van der Waals surface area contributed by atoms with Gasteiger partial charge in [0, 0.05) is 24.3 Å². The molecule has 0 spiro atoms. The summed E-state index contributed by atoms with van der Waals surface area (Å²) in [7, 11) is -3.35. The summed E-state index contributed by atoms with van der Waals surface area (Å²) in [4.78, 5) is 11.8. The van der Waals surface area contributed by atoms with Gasteiger partial charge >= 0.3 is 0 Å². The molecule has 0 aromatic heterocycles. The van der Waals surface area contributed by atoms with Crippen LogP contribution in [0, 0.1) is 0 Å². The Morgan fingerprint density at radius 2 is 1.96 bits per heavy atom. The zero-order valence-electron chi connectivity index (χ0n) is 13.2. The van der Waals surface area contributed by atoms with E-state index in [9.17, 15) is 13.2 Å². The molecule has 1 atom stereocenters. The lowest BCUT2D eigenvalue weighted by atomic mass is 9.77. The number of ketones is 1. The molecule has 2 aromatic carbocycles. The molecular formula is C18H19NO3S. The summed E-state index contributed by atoms with van der Waals surface area (Å²) in [6, 6.07) is 13.0. The second kappa shape index (κ2) is 5.81. The number of rotatable bonds is 5. The molecule has 0 unspecified atom stereocenters. The van der Waals surface area contributed by atoms with Crippen molar-refractivity contribution in [3.63, 3.8) is 0 Å². The minimum Gasteiger partial charge on any atom is -0.383 e. The fourth-order valence-corrected chi connectivity index (χ4v) is 3.83. The van der Waals surface area contributed by atoms with Crippen molar-refractivity contribution >= 4 is 21.3 Å². The summed E-state index contributed by atoms with van der Waals surface area (Å²) >= 11 is 0. The third-order valence-corrected chi connectivity index (χ3v) is 5.44. The highest BCUT2D eigenvalue weighted by molar-refractivity contribution is 7.90. The Bertz CT molecular complexity index is 872. The van der Waals surface area contributed by atoms with Gasteiger partial charge in [-0.25, -0.2) is 8.42 Å². The molecule has 0 amide bonds. The fraction of sp³-hybridized carbons (Fsp3) is 0.278. The van der Waals surface area contributed by atoms with Crippen LogP contribution in [0.3, 0.4) is 0 Å². The normalized spacial score (nSPS) is 16.3. The van der Waals surface area contributed by atoms with E-state index in [1.54, 1.807) is 12.1 Å². The molecule has 0 heterocycles. The number of hydrogen-bond donors (Lipinski definition) is 1. The molecule has 0 bridgehead atoms. The Morgan fingerprint density at radius 1 is 1.22 bits per heavy atom. The highest BCUT2D eigenvalue weighted by atomic mass is 32.2. The Kier molecular flexibility index (Phi) is 3.98. The first kappa shape index (κ1) is 15.7. The molecule has 0 aliphatic heterocycles. The number of anilines is 1. The van der Waals surface area contributed by atoms with Crippen molar-refractivity contribution < 1.29 is 13.2 Å². The van der Waals surface area contributed by atoms with Crippen LogP contribution in [0.2, 0.25) is 0 Å². The second-order valence-electron chi connectivity index (χ2n) is 6.02. The van der Waals surface area contributed by atoms with Gasteiger partial charge in [0.05, 0.1) is 10.6 Å². The van der Waals surface area contributed by atoms with Gasteiger partial charge < -0.3 is 5.32 Å². The zero-order chi connectivity index (χ0) is 16.6. The predicted octanol–water partition coefficient (Wildman–Crippen LogP) is 3.04. The Hall–Kier alpha value is -2.14. The summed E-state index contributed by atoms with van der Waals surface area (Å²) in [5, 5.41) is 3.23. The van der Waals surface area contributed by atoms with Crippen LogP contribution >= 0.6 is 0 Å². The molecule has 0 fully saturated rings. The van der Waals surface area contributed by atoms with Gasteiger partial charge in [0.2, 0.25) is 0 Å².